The number of nitrogens with one attached hydrogen (secondary N) is 5. The minimum Gasteiger partial charge on any atom is -0.508 e. The van der Waals surface area contributed by atoms with E-state index in [4.69, 9.17) is 5.73 Å². The summed E-state index contributed by atoms with van der Waals surface area (Å²) in [5.41, 5.74) is 7.17. The second-order valence-electron chi connectivity index (χ2n) is 18.1. The van der Waals surface area contributed by atoms with Gasteiger partial charge in [0, 0.05) is 38.4 Å². The number of rotatable bonds is 22. The van der Waals surface area contributed by atoms with Crippen LogP contribution in [-0.4, -0.2) is 154 Å². The maximum Gasteiger partial charge on any atom is 0.326 e. The number of aromatic hydroxyl groups is 1. The van der Waals surface area contributed by atoms with Crippen LogP contribution in [0.2, 0.25) is 0 Å². The number of benzene rings is 2. The van der Waals surface area contributed by atoms with Crippen molar-refractivity contribution in [2.75, 3.05) is 39.3 Å². The van der Waals surface area contributed by atoms with Crippen LogP contribution in [0.4, 0.5) is 0 Å². The highest BCUT2D eigenvalue weighted by molar-refractivity contribution is 5.97. The first-order valence-electron chi connectivity index (χ1n) is 23.8. The van der Waals surface area contributed by atoms with Gasteiger partial charge < -0.3 is 57.2 Å². The summed E-state index contributed by atoms with van der Waals surface area (Å²) in [6.45, 7) is 0.128. The number of nitrogens with two attached hydrogens (primary N) is 1. The number of carbonyl (C=O) groups excluding carboxylic acids is 8. The van der Waals surface area contributed by atoms with E-state index in [0.29, 0.717) is 62.6 Å². The Hall–Kier alpha value is -6.57. The van der Waals surface area contributed by atoms with E-state index < -0.39 is 96.7 Å². The molecule has 0 bridgehead atoms. The molecule has 3 saturated heterocycles. The summed E-state index contributed by atoms with van der Waals surface area (Å²) in [5.74, 6) is -5.49. The van der Waals surface area contributed by atoms with Crippen molar-refractivity contribution in [2.45, 2.75) is 126 Å². The molecule has 1 aliphatic carbocycles. The Labute approximate surface area is 395 Å². The largest absolute Gasteiger partial charge is 0.508 e. The third-order valence-electron chi connectivity index (χ3n) is 13.4. The number of amides is 8. The molecule has 4 aliphatic rings. The number of carbonyl (C=O) groups is 9. The second-order valence-corrected chi connectivity index (χ2v) is 18.1. The summed E-state index contributed by atoms with van der Waals surface area (Å²) in [6, 6.07) is 9.09. The van der Waals surface area contributed by atoms with Crippen LogP contribution in [0, 0.1) is 5.92 Å². The normalized spacial score (nSPS) is 20.4. The van der Waals surface area contributed by atoms with Crippen molar-refractivity contribution in [2.24, 2.45) is 11.7 Å². The molecule has 9 N–H and O–H groups in total. The fraction of sp³-hybridized carbons (Fsp3) is 0.562. The summed E-state index contributed by atoms with van der Waals surface area (Å²) in [5, 5.41) is 33.0. The quantitative estimate of drug-likeness (QED) is 0.0716. The molecule has 20 heteroatoms. The molecule has 0 aromatic heterocycles. The number of nitrogens with zero attached hydrogens (tertiary/aromatic N) is 3. The molecule has 6 rings (SSSR count). The Balaban J connectivity index is 1.06. The average Bonchev–Trinajstić information content (AvgIpc) is 4.12. The maximum absolute atomic E-state index is 14.1. The van der Waals surface area contributed by atoms with Crippen LogP contribution < -0.4 is 32.3 Å². The first-order valence-corrected chi connectivity index (χ1v) is 23.8. The molecule has 3 aliphatic heterocycles. The number of hydrogen-bond donors (Lipinski definition) is 8. The molecule has 68 heavy (non-hydrogen) atoms. The summed E-state index contributed by atoms with van der Waals surface area (Å²) < 4.78 is 0. The first kappa shape index (κ1) is 50.8. The lowest BCUT2D eigenvalue weighted by molar-refractivity contribution is -0.148. The molecule has 0 unspecified atom stereocenters. The zero-order valence-corrected chi connectivity index (χ0v) is 38.4. The van der Waals surface area contributed by atoms with E-state index in [9.17, 15) is 53.4 Å². The lowest BCUT2D eigenvalue weighted by atomic mass is 9.84. The highest BCUT2D eigenvalue weighted by Crippen LogP contribution is 2.27. The van der Waals surface area contributed by atoms with Gasteiger partial charge >= 0.3 is 5.97 Å². The van der Waals surface area contributed by atoms with Crippen molar-refractivity contribution >= 4 is 53.2 Å². The lowest BCUT2D eigenvalue weighted by Crippen LogP contribution is -2.58. The minimum absolute atomic E-state index is 0.0400. The molecule has 20 nitrogen and oxygen atoms in total. The molecule has 3 heterocycles. The molecule has 2 aromatic rings. The van der Waals surface area contributed by atoms with Gasteiger partial charge in [-0.3, -0.25) is 38.4 Å². The van der Waals surface area contributed by atoms with Crippen molar-refractivity contribution in [3.8, 4) is 5.75 Å². The van der Waals surface area contributed by atoms with Gasteiger partial charge in [-0.1, -0.05) is 48.9 Å². The number of unbranched alkanes of at least 4 members (excludes halogenated alkanes) is 1. The topological polar surface area (TPSA) is 290 Å². The van der Waals surface area contributed by atoms with Crippen molar-refractivity contribution in [1.82, 2.24) is 41.3 Å². The van der Waals surface area contributed by atoms with Gasteiger partial charge in [0.1, 0.15) is 42.0 Å². The number of aliphatic carboxylic acids is 1. The zero-order valence-electron chi connectivity index (χ0n) is 38.4. The summed E-state index contributed by atoms with van der Waals surface area (Å²) >= 11 is 0. The molecule has 0 radical (unpaired) electrons. The van der Waals surface area contributed by atoms with Crippen LogP contribution in [0.25, 0.3) is 0 Å². The van der Waals surface area contributed by atoms with E-state index in [0.717, 1.165) is 19.3 Å². The van der Waals surface area contributed by atoms with Gasteiger partial charge in [0.15, 0.2) is 0 Å². The molecule has 368 valence electrons. The number of hydrogen-bond acceptors (Lipinski definition) is 11. The SMILES string of the molecule is NCCCC[C@H](NC(=O)[C@@H]1CCCN1C(=O)CNC(=O)[C@@H]1CCCN1C(=O)[C@H](Cc1ccc(O)cc1)NC(=O)C1CCC1)C(=O)N[C@@H](Cc1ccccc1)C(=O)NCC(=O)N1CCC[C@H]1C(=O)O. The number of likely N-dealkylation sites (tertiary alicyclic amines) is 3. The van der Waals surface area contributed by atoms with Crippen molar-refractivity contribution in [3.63, 3.8) is 0 Å². The van der Waals surface area contributed by atoms with Gasteiger partial charge in [-0.2, -0.15) is 0 Å². The van der Waals surface area contributed by atoms with Crippen LogP contribution in [0.5, 0.6) is 5.75 Å². The van der Waals surface area contributed by atoms with Gasteiger partial charge in [0.05, 0.1) is 13.1 Å². The van der Waals surface area contributed by atoms with Crippen molar-refractivity contribution in [3.05, 3.63) is 65.7 Å². The number of carboxylic acids is 1. The molecular weight excluding hydrogens is 879 g/mol. The van der Waals surface area contributed by atoms with Crippen molar-refractivity contribution in [1.29, 1.82) is 0 Å². The first-order chi connectivity index (χ1) is 32.7. The van der Waals surface area contributed by atoms with E-state index in [1.54, 1.807) is 42.5 Å². The standard InChI is InChI=1S/C48H65N9O11/c49-22-5-4-14-34(44(63)53-35(26-30-10-2-1-3-11-30)43(62)50-28-41(60)56-24-9-17-39(56)48(67)68)52-46(65)38-16-7-23-55(38)40(59)29-51-45(64)37-15-8-25-57(37)47(66)36(54-42(61)32-12-6-13-32)27-31-18-20-33(58)21-19-31/h1-3,10-11,18-21,32,34-39,58H,4-9,12-17,22-29,49H2,(H,50,62)(H,51,64)(H,52,65)(H,53,63)(H,54,61)(H,67,68)/t34-,35-,36-,37-,38-,39-/m0/s1. The summed E-state index contributed by atoms with van der Waals surface area (Å²) in [6.07, 6.45) is 6.19. The van der Waals surface area contributed by atoms with Crippen molar-refractivity contribution < 1.29 is 53.4 Å². The molecule has 1 saturated carbocycles. The average molecular weight is 944 g/mol. The van der Waals surface area contributed by atoms with Crippen LogP contribution in [0.3, 0.4) is 0 Å². The maximum atomic E-state index is 14.1. The van der Waals surface area contributed by atoms with E-state index in [1.165, 1.54) is 26.8 Å². The monoisotopic (exact) mass is 943 g/mol. The van der Waals surface area contributed by atoms with Gasteiger partial charge in [0.2, 0.25) is 47.3 Å². The molecular formula is C48H65N9O11. The fourth-order valence-corrected chi connectivity index (χ4v) is 9.32. The Morgan fingerprint density at radius 2 is 1.13 bits per heavy atom. The number of carboxylic acid groups (broad SMARTS) is 1. The molecule has 8 amide bonds. The van der Waals surface area contributed by atoms with Gasteiger partial charge in [-0.25, -0.2) is 4.79 Å². The van der Waals surface area contributed by atoms with E-state index in [-0.39, 0.29) is 62.9 Å². The predicted octanol–water partition coefficient (Wildman–Crippen LogP) is -0.149. The van der Waals surface area contributed by atoms with Gasteiger partial charge in [0.25, 0.3) is 0 Å². The minimum atomic E-state index is -1.18. The Bertz CT molecular complexity index is 2140. The molecule has 0 spiro atoms. The number of phenols is 1. The van der Waals surface area contributed by atoms with Crippen LogP contribution in [-0.2, 0) is 56.0 Å². The van der Waals surface area contributed by atoms with Crippen LogP contribution in [0.1, 0.15) is 88.2 Å². The van der Waals surface area contributed by atoms with E-state index in [1.807, 2.05) is 0 Å². The Kier molecular flexibility index (Phi) is 18.3. The Morgan fingerprint density at radius 1 is 0.574 bits per heavy atom. The predicted molar refractivity (Wildman–Crippen MR) is 246 cm³/mol. The third-order valence-corrected chi connectivity index (χ3v) is 13.4. The summed E-state index contributed by atoms with van der Waals surface area (Å²) in [7, 11) is 0. The zero-order chi connectivity index (χ0) is 48.7. The van der Waals surface area contributed by atoms with E-state index in [2.05, 4.69) is 26.6 Å². The molecule has 4 fully saturated rings. The lowest BCUT2D eigenvalue weighted by Gasteiger charge is -2.31. The van der Waals surface area contributed by atoms with E-state index >= 15 is 0 Å². The second kappa shape index (κ2) is 24.5. The van der Waals surface area contributed by atoms with Crippen LogP contribution >= 0.6 is 0 Å². The van der Waals surface area contributed by atoms with Crippen LogP contribution in [0.15, 0.2) is 54.6 Å². The Morgan fingerprint density at radius 3 is 1.75 bits per heavy atom. The summed E-state index contributed by atoms with van der Waals surface area (Å²) in [4.78, 5) is 125. The third kappa shape index (κ3) is 13.5. The highest BCUT2D eigenvalue weighted by atomic mass is 16.4. The molecule has 6 atom stereocenters. The number of phenolic OH excluding ortho intramolecular Hbond substituents is 1. The fourth-order valence-electron chi connectivity index (χ4n) is 9.32. The van der Waals surface area contributed by atoms with Gasteiger partial charge in [-0.15, -0.1) is 0 Å². The smallest absolute Gasteiger partial charge is 0.326 e. The van der Waals surface area contributed by atoms with Gasteiger partial charge in [-0.05, 0) is 100 Å². The highest BCUT2D eigenvalue weighted by Gasteiger charge is 2.41. The molecule has 2 aromatic carbocycles.